The van der Waals surface area contributed by atoms with Crippen molar-refractivity contribution in [2.24, 2.45) is 5.41 Å². The molecule has 0 amide bonds. The maximum absolute atomic E-state index is 10.8. The summed E-state index contributed by atoms with van der Waals surface area (Å²) in [6.45, 7) is 2.13. The van der Waals surface area contributed by atoms with Crippen LogP contribution in [0.4, 0.5) is 0 Å². The third-order valence-electron chi connectivity index (χ3n) is 4.59. The highest BCUT2D eigenvalue weighted by atomic mass is 16.6. The molecule has 3 heteroatoms. The maximum atomic E-state index is 10.8. The number of benzene rings is 1. The molecule has 1 aromatic rings. The Morgan fingerprint density at radius 2 is 2.06 bits per heavy atom. The van der Waals surface area contributed by atoms with Gasteiger partial charge in [-0.3, -0.25) is 0 Å². The van der Waals surface area contributed by atoms with Gasteiger partial charge in [0.25, 0.3) is 0 Å². The van der Waals surface area contributed by atoms with Crippen LogP contribution in [-0.2, 0) is 6.42 Å². The smallest absolute Gasteiger partial charge is 0.213 e. The molecule has 0 spiro atoms. The lowest BCUT2D eigenvalue weighted by Crippen LogP contribution is -2.56. The van der Waals surface area contributed by atoms with E-state index >= 15 is 0 Å². The summed E-state index contributed by atoms with van der Waals surface area (Å²) in [5.41, 5.74) is 0.890. The standard InChI is InChI=1S/C15H20O3/c1-14-8-3-4-9-15(14,16)18-13-7-5-6-12(17-2)11(13)10-14/h5-7,16H,3-4,8-10H2,1-2H3. The molecule has 1 aromatic carbocycles. The van der Waals surface area contributed by atoms with E-state index in [0.29, 0.717) is 0 Å². The van der Waals surface area contributed by atoms with Gasteiger partial charge < -0.3 is 14.6 Å². The van der Waals surface area contributed by atoms with E-state index < -0.39 is 5.79 Å². The topological polar surface area (TPSA) is 38.7 Å². The molecule has 1 heterocycles. The fraction of sp³-hybridized carbons (Fsp3) is 0.600. The van der Waals surface area contributed by atoms with Crippen LogP contribution in [0.1, 0.15) is 38.2 Å². The summed E-state index contributed by atoms with van der Waals surface area (Å²) in [4.78, 5) is 0. The van der Waals surface area contributed by atoms with Crippen LogP contribution in [0.5, 0.6) is 11.5 Å². The predicted octanol–water partition coefficient (Wildman–Crippen LogP) is 2.90. The van der Waals surface area contributed by atoms with Crippen LogP contribution in [0, 0.1) is 5.41 Å². The second-order valence-corrected chi connectivity index (χ2v) is 5.77. The third-order valence-corrected chi connectivity index (χ3v) is 4.59. The quantitative estimate of drug-likeness (QED) is 0.830. The summed E-state index contributed by atoms with van der Waals surface area (Å²) in [7, 11) is 1.68. The van der Waals surface area contributed by atoms with Gasteiger partial charge in [-0.25, -0.2) is 0 Å². The first-order valence-electron chi connectivity index (χ1n) is 6.65. The molecule has 0 radical (unpaired) electrons. The SMILES string of the molecule is COc1cccc2c1CC1(C)CCCCC1(O)O2. The Labute approximate surface area is 108 Å². The van der Waals surface area contributed by atoms with Crippen LogP contribution < -0.4 is 9.47 Å². The first-order valence-corrected chi connectivity index (χ1v) is 6.65. The highest BCUT2D eigenvalue weighted by Crippen LogP contribution is 2.53. The highest BCUT2D eigenvalue weighted by Gasteiger charge is 2.54. The van der Waals surface area contributed by atoms with E-state index in [4.69, 9.17) is 9.47 Å². The molecule has 1 aliphatic heterocycles. The molecule has 1 fully saturated rings. The summed E-state index contributed by atoms with van der Waals surface area (Å²) >= 11 is 0. The molecule has 1 aliphatic carbocycles. The molecule has 2 aliphatic rings. The number of methoxy groups -OCH3 is 1. The second-order valence-electron chi connectivity index (χ2n) is 5.77. The van der Waals surface area contributed by atoms with Gasteiger partial charge in [-0.15, -0.1) is 0 Å². The van der Waals surface area contributed by atoms with E-state index in [1.807, 2.05) is 18.2 Å². The molecule has 0 aromatic heterocycles. The molecule has 2 unspecified atom stereocenters. The van der Waals surface area contributed by atoms with Crippen molar-refractivity contribution in [3.8, 4) is 11.5 Å². The zero-order chi connectivity index (χ0) is 12.8. The summed E-state index contributed by atoms with van der Waals surface area (Å²) < 4.78 is 11.4. The number of hydrogen-bond donors (Lipinski definition) is 1. The van der Waals surface area contributed by atoms with Crippen molar-refractivity contribution in [3.05, 3.63) is 23.8 Å². The van der Waals surface area contributed by atoms with E-state index in [1.54, 1.807) is 7.11 Å². The maximum Gasteiger partial charge on any atom is 0.213 e. The molecule has 2 atom stereocenters. The van der Waals surface area contributed by atoms with Crippen LogP contribution in [-0.4, -0.2) is 18.0 Å². The van der Waals surface area contributed by atoms with Crippen molar-refractivity contribution in [2.75, 3.05) is 7.11 Å². The molecule has 3 nitrogen and oxygen atoms in total. The average molecular weight is 248 g/mol. The molecule has 3 rings (SSSR count). The van der Waals surface area contributed by atoms with E-state index in [-0.39, 0.29) is 5.41 Å². The van der Waals surface area contributed by atoms with E-state index in [2.05, 4.69) is 6.92 Å². The zero-order valence-corrected chi connectivity index (χ0v) is 11.0. The number of ether oxygens (including phenoxy) is 2. The molecule has 1 saturated carbocycles. The minimum atomic E-state index is -1.01. The van der Waals surface area contributed by atoms with Crippen molar-refractivity contribution < 1.29 is 14.6 Å². The van der Waals surface area contributed by atoms with Crippen molar-refractivity contribution in [1.29, 1.82) is 0 Å². The van der Waals surface area contributed by atoms with Crippen molar-refractivity contribution >= 4 is 0 Å². The average Bonchev–Trinajstić information content (AvgIpc) is 2.35. The Kier molecular flexibility index (Phi) is 2.56. The molecular weight excluding hydrogens is 228 g/mol. The fourth-order valence-corrected chi connectivity index (χ4v) is 3.36. The Morgan fingerprint density at radius 3 is 2.83 bits per heavy atom. The van der Waals surface area contributed by atoms with Crippen molar-refractivity contribution in [1.82, 2.24) is 0 Å². The molecule has 1 N–H and O–H groups in total. The predicted molar refractivity (Wildman–Crippen MR) is 68.9 cm³/mol. The summed E-state index contributed by atoms with van der Waals surface area (Å²) in [6, 6.07) is 5.79. The Morgan fingerprint density at radius 1 is 1.28 bits per heavy atom. The van der Waals surface area contributed by atoms with Crippen LogP contribution in [0.3, 0.4) is 0 Å². The number of aliphatic hydroxyl groups is 1. The largest absolute Gasteiger partial charge is 0.496 e. The Bertz CT molecular complexity index is 471. The Balaban J connectivity index is 2.08. The van der Waals surface area contributed by atoms with Gasteiger partial charge in [-0.1, -0.05) is 19.4 Å². The van der Waals surface area contributed by atoms with E-state index in [0.717, 1.165) is 49.2 Å². The highest BCUT2D eigenvalue weighted by molar-refractivity contribution is 5.47. The normalized spacial score (nSPS) is 34.2. The fourth-order valence-electron chi connectivity index (χ4n) is 3.36. The van der Waals surface area contributed by atoms with Gasteiger partial charge in [0, 0.05) is 17.4 Å². The van der Waals surface area contributed by atoms with Gasteiger partial charge in [0.05, 0.1) is 7.11 Å². The van der Waals surface area contributed by atoms with Crippen LogP contribution >= 0.6 is 0 Å². The molecule has 0 bridgehead atoms. The number of rotatable bonds is 1. The van der Waals surface area contributed by atoms with Gasteiger partial charge in [-0.05, 0) is 31.4 Å². The summed E-state index contributed by atoms with van der Waals surface area (Å²) in [5.74, 6) is 0.627. The number of fused-ring (bicyclic) bond motifs is 2. The minimum Gasteiger partial charge on any atom is -0.496 e. The number of hydrogen-bond acceptors (Lipinski definition) is 3. The van der Waals surface area contributed by atoms with Crippen LogP contribution in [0.15, 0.2) is 18.2 Å². The van der Waals surface area contributed by atoms with Gasteiger partial charge in [0.1, 0.15) is 11.5 Å². The third kappa shape index (κ3) is 1.53. The molecule has 18 heavy (non-hydrogen) atoms. The monoisotopic (exact) mass is 248 g/mol. The first kappa shape index (κ1) is 11.8. The van der Waals surface area contributed by atoms with Gasteiger partial charge in [0.2, 0.25) is 5.79 Å². The lowest BCUT2D eigenvalue weighted by Gasteiger charge is -2.51. The molecule has 0 saturated heterocycles. The van der Waals surface area contributed by atoms with Gasteiger partial charge >= 0.3 is 0 Å². The van der Waals surface area contributed by atoms with Crippen LogP contribution in [0.25, 0.3) is 0 Å². The minimum absolute atomic E-state index is 0.202. The Hall–Kier alpha value is -1.22. The molecular formula is C15H20O3. The lowest BCUT2D eigenvalue weighted by molar-refractivity contribution is -0.245. The van der Waals surface area contributed by atoms with Gasteiger partial charge in [-0.2, -0.15) is 0 Å². The lowest BCUT2D eigenvalue weighted by atomic mass is 9.66. The van der Waals surface area contributed by atoms with E-state index in [1.165, 1.54) is 0 Å². The van der Waals surface area contributed by atoms with Crippen molar-refractivity contribution in [3.63, 3.8) is 0 Å². The molecule has 98 valence electrons. The van der Waals surface area contributed by atoms with Crippen LogP contribution in [0.2, 0.25) is 0 Å². The van der Waals surface area contributed by atoms with Gasteiger partial charge in [0.15, 0.2) is 0 Å². The van der Waals surface area contributed by atoms with E-state index in [9.17, 15) is 5.11 Å². The second kappa shape index (κ2) is 3.89. The zero-order valence-electron chi connectivity index (χ0n) is 11.0. The van der Waals surface area contributed by atoms with Crippen molar-refractivity contribution in [2.45, 2.75) is 44.8 Å². The first-order chi connectivity index (χ1) is 8.58. The summed E-state index contributed by atoms with van der Waals surface area (Å²) in [5, 5.41) is 10.8. The summed E-state index contributed by atoms with van der Waals surface area (Å²) in [6.07, 6.45) is 4.74.